The minimum Gasteiger partial charge on any atom is -0.395 e. The van der Waals surface area contributed by atoms with Gasteiger partial charge in [-0.25, -0.2) is 4.98 Å². The van der Waals surface area contributed by atoms with E-state index in [9.17, 15) is 0 Å². The van der Waals surface area contributed by atoms with Gasteiger partial charge in [-0.15, -0.1) is 0 Å². The van der Waals surface area contributed by atoms with Crippen molar-refractivity contribution in [2.24, 2.45) is 0 Å². The second kappa shape index (κ2) is 6.49. The van der Waals surface area contributed by atoms with E-state index in [1.54, 1.807) is 0 Å². The first kappa shape index (κ1) is 14.5. The molecule has 0 unspecified atom stereocenters. The van der Waals surface area contributed by atoms with E-state index in [-0.39, 0.29) is 13.2 Å². The Morgan fingerprint density at radius 2 is 1.60 bits per heavy atom. The van der Waals surface area contributed by atoms with Gasteiger partial charge in [-0.2, -0.15) is 4.98 Å². The lowest BCUT2D eigenvalue weighted by atomic mass is 10.2. The standard InChI is InChI=1S/C14H20N4O2/c1-17(7-9-19)13-11-5-3-4-6-12(11)15-14(16-13)18(2)8-10-20/h3-6,19-20H,7-10H2,1-2H3. The highest BCUT2D eigenvalue weighted by Crippen LogP contribution is 2.25. The number of nitrogens with zero attached hydrogens (tertiary/aromatic N) is 4. The molecule has 0 aliphatic carbocycles. The molecule has 0 fully saturated rings. The Hall–Kier alpha value is -1.92. The van der Waals surface area contributed by atoms with Crippen LogP contribution in [0.4, 0.5) is 11.8 Å². The molecule has 6 nitrogen and oxygen atoms in total. The van der Waals surface area contributed by atoms with Crippen molar-refractivity contribution in [2.75, 3.05) is 50.2 Å². The fourth-order valence-corrected chi connectivity index (χ4v) is 2.02. The van der Waals surface area contributed by atoms with Crippen LogP contribution in [0.3, 0.4) is 0 Å². The smallest absolute Gasteiger partial charge is 0.227 e. The molecular weight excluding hydrogens is 256 g/mol. The average molecular weight is 276 g/mol. The maximum absolute atomic E-state index is 9.10. The third-order valence-electron chi connectivity index (χ3n) is 3.15. The molecule has 0 saturated heterocycles. The zero-order chi connectivity index (χ0) is 14.5. The number of hydrogen-bond acceptors (Lipinski definition) is 6. The van der Waals surface area contributed by atoms with Crippen molar-refractivity contribution < 1.29 is 10.2 Å². The molecule has 0 saturated carbocycles. The molecular formula is C14H20N4O2. The highest BCUT2D eigenvalue weighted by atomic mass is 16.3. The normalized spacial score (nSPS) is 10.8. The van der Waals surface area contributed by atoms with Gasteiger partial charge in [0, 0.05) is 32.6 Å². The molecule has 1 aromatic heterocycles. The fraction of sp³-hybridized carbons (Fsp3) is 0.429. The number of para-hydroxylation sites is 1. The molecule has 108 valence electrons. The van der Waals surface area contributed by atoms with Crippen LogP contribution in [0.5, 0.6) is 0 Å². The molecule has 2 aromatic rings. The van der Waals surface area contributed by atoms with Crippen LogP contribution in [0.2, 0.25) is 0 Å². The van der Waals surface area contributed by atoms with Crippen LogP contribution in [-0.2, 0) is 0 Å². The fourth-order valence-electron chi connectivity index (χ4n) is 2.02. The molecule has 0 amide bonds. The quantitative estimate of drug-likeness (QED) is 0.800. The van der Waals surface area contributed by atoms with E-state index in [0.29, 0.717) is 19.0 Å². The van der Waals surface area contributed by atoms with Gasteiger partial charge in [0.05, 0.1) is 18.7 Å². The van der Waals surface area contributed by atoms with Crippen molar-refractivity contribution in [1.29, 1.82) is 0 Å². The van der Waals surface area contributed by atoms with E-state index >= 15 is 0 Å². The number of aliphatic hydroxyl groups is 2. The Bertz CT molecular complexity index is 576. The number of fused-ring (bicyclic) bond motifs is 1. The number of anilines is 2. The molecule has 2 rings (SSSR count). The Morgan fingerprint density at radius 1 is 0.950 bits per heavy atom. The lowest BCUT2D eigenvalue weighted by Gasteiger charge is -2.22. The third kappa shape index (κ3) is 2.97. The predicted octanol–water partition coefficient (Wildman–Crippen LogP) is 0.487. The average Bonchev–Trinajstić information content (AvgIpc) is 2.46. The largest absolute Gasteiger partial charge is 0.395 e. The van der Waals surface area contributed by atoms with Crippen LogP contribution < -0.4 is 9.80 Å². The lowest BCUT2D eigenvalue weighted by Crippen LogP contribution is -2.26. The number of rotatable bonds is 6. The third-order valence-corrected chi connectivity index (χ3v) is 3.15. The van der Waals surface area contributed by atoms with Gasteiger partial charge in [-0.05, 0) is 12.1 Å². The Balaban J connectivity index is 2.51. The molecule has 0 aliphatic rings. The van der Waals surface area contributed by atoms with Crippen molar-refractivity contribution in [3.05, 3.63) is 24.3 Å². The number of aliphatic hydroxyl groups excluding tert-OH is 2. The topological polar surface area (TPSA) is 72.7 Å². The van der Waals surface area contributed by atoms with Crippen molar-refractivity contribution in [3.63, 3.8) is 0 Å². The highest BCUT2D eigenvalue weighted by Gasteiger charge is 2.13. The summed E-state index contributed by atoms with van der Waals surface area (Å²) in [7, 11) is 3.73. The van der Waals surface area contributed by atoms with Crippen LogP contribution in [-0.4, -0.2) is 60.6 Å². The second-order valence-electron chi connectivity index (χ2n) is 4.65. The zero-order valence-corrected chi connectivity index (χ0v) is 11.8. The SMILES string of the molecule is CN(CCO)c1nc(N(C)CCO)c2ccccc2n1. The summed E-state index contributed by atoms with van der Waals surface area (Å²) >= 11 is 0. The number of aromatic nitrogens is 2. The monoisotopic (exact) mass is 276 g/mol. The minimum absolute atomic E-state index is 0.0501. The lowest BCUT2D eigenvalue weighted by molar-refractivity contribution is 0.303. The van der Waals surface area contributed by atoms with Gasteiger partial charge in [-0.3, -0.25) is 0 Å². The summed E-state index contributed by atoms with van der Waals surface area (Å²) in [6.07, 6.45) is 0. The van der Waals surface area contributed by atoms with Gasteiger partial charge in [0.1, 0.15) is 5.82 Å². The molecule has 0 bridgehead atoms. The zero-order valence-electron chi connectivity index (χ0n) is 11.8. The Labute approximate surface area is 118 Å². The molecule has 1 heterocycles. The van der Waals surface area contributed by atoms with Crippen molar-refractivity contribution in [1.82, 2.24) is 9.97 Å². The van der Waals surface area contributed by atoms with E-state index in [4.69, 9.17) is 10.2 Å². The molecule has 0 spiro atoms. The summed E-state index contributed by atoms with van der Waals surface area (Å²) in [6.45, 7) is 1.09. The van der Waals surface area contributed by atoms with E-state index in [1.165, 1.54) is 0 Å². The maximum Gasteiger partial charge on any atom is 0.227 e. The second-order valence-corrected chi connectivity index (χ2v) is 4.65. The van der Waals surface area contributed by atoms with E-state index in [2.05, 4.69) is 9.97 Å². The molecule has 20 heavy (non-hydrogen) atoms. The summed E-state index contributed by atoms with van der Waals surface area (Å²) in [4.78, 5) is 12.8. The van der Waals surface area contributed by atoms with Crippen molar-refractivity contribution in [3.8, 4) is 0 Å². The van der Waals surface area contributed by atoms with E-state index < -0.39 is 0 Å². The predicted molar refractivity (Wildman–Crippen MR) is 80.2 cm³/mol. The number of benzene rings is 1. The van der Waals surface area contributed by atoms with Crippen LogP contribution in [0.25, 0.3) is 10.9 Å². The molecule has 1 aromatic carbocycles. The number of likely N-dealkylation sites (N-methyl/N-ethyl adjacent to an activating group) is 2. The summed E-state index contributed by atoms with van der Waals surface area (Å²) in [5, 5.41) is 19.1. The Morgan fingerprint density at radius 3 is 2.30 bits per heavy atom. The van der Waals surface area contributed by atoms with Crippen molar-refractivity contribution >= 4 is 22.7 Å². The van der Waals surface area contributed by atoms with Gasteiger partial charge in [0.25, 0.3) is 0 Å². The van der Waals surface area contributed by atoms with E-state index in [1.807, 2.05) is 48.2 Å². The first-order valence-electron chi connectivity index (χ1n) is 6.58. The highest BCUT2D eigenvalue weighted by molar-refractivity contribution is 5.90. The molecule has 0 atom stereocenters. The number of hydrogen-bond donors (Lipinski definition) is 2. The van der Waals surface area contributed by atoms with Crippen LogP contribution in [0.15, 0.2) is 24.3 Å². The Kier molecular flexibility index (Phi) is 4.70. The van der Waals surface area contributed by atoms with E-state index in [0.717, 1.165) is 16.7 Å². The van der Waals surface area contributed by atoms with Crippen molar-refractivity contribution in [2.45, 2.75) is 0 Å². The van der Waals surface area contributed by atoms with Crippen LogP contribution in [0, 0.1) is 0 Å². The van der Waals surface area contributed by atoms with Gasteiger partial charge >= 0.3 is 0 Å². The molecule has 0 radical (unpaired) electrons. The molecule has 2 N–H and O–H groups in total. The summed E-state index contributed by atoms with van der Waals surface area (Å²) in [5.74, 6) is 1.35. The minimum atomic E-state index is 0.0501. The summed E-state index contributed by atoms with van der Waals surface area (Å²) < 4.78 is 0. The van der Waals surface area contributed by atoms with Crippen LogP contribution >= 0.6 is 0 Å². The summed E-state index contributed by atoms with van der Waals surface area (Å²) in [6, 6.07) is 7.78. The summed E-state index contributed by atoms with van der Waals surface area (Å²) in [5.41, 5.74) is 0.849. The first-order chi connectivity index (χ1) is 9.67. The van der Waals surface area contributed by atoms with Crippen LogP contribution in [0.1, 0.15) is 0 Å². The van der Waals surface area contributed by atoms with Gasteiger partial charge in [0.15, 0.2) is 0 Å². The first-order valence-corrected chi connectivity index (χ1v) is 6.58. The molecule has 0 aliphatic heterocycles. The maximum atomic E-state index is 9.10. The van der Waals surface area contributed by atoms with Gasteiger partial charge < -0.3 is 20.0 Å². The van der Waals surface area contributed by atoms with Gasteiger partial charge in [0.2, 0.25) is 5.95 Å². The van der Waals surface area contributed by atoms with Gasteiger partial charge in [-0.1, -0.05) is 12.1 Å². The molecule has 6 heteroatoms.